The number of amides is 1. The Hall–Kier alpha value is -1.53. The van der Waals surface area contributed by atoms with Gasteiger partial charge in [0.1, 0.15) is 5.41 Å². The zero-order chi connectivity index (χ0) is 14.6. The molecule has 2 N–H and O–H groups in total. The Bertz CT molecular complexity index is 486. The van der Waals surface area contributed by atoms with E-state index in [0.717, 1.165) is 5.56 Å². The van der Waals surface area contributed by atoms with Crippen molar-refractivity contribution in [3.8, 4) is 0 Å². The van der Waals surface area contributed by atoms with Gasteiger partial charge < -0.3 is 15.4 Å². The molecule has 1 amide bonds. The van der Waals surface area contributed by atoms with Crippen LogP contribution >= 0.6 is 12.2 Å². The van der Waals surface area contributed by atoms with Crippen molar-refractivity contribution in [3.05, 3.63) is 30.1 Å². The SMILES string of the molecule is CN(Cc1cccnc1)C(=O)C1(C(N)=S)CCOCC1. The summed E-state index contributed by atoms with van der Waals surface area (Å²) in [6.07, 6.45) is 4.57. The molecular weight excluding hydrogens is 274 g/mol. The van der Waals surface area contributed by atoms with Gasteiger partial charge in [-0.2, -0.15) is 0 Å². The third-order valence-corrected chi connectivity index (χ3v) is 4.11. The molecule has 2 heterocycles. The van der Waals surface area contributed by atoms with Gasteiger partial charge in [0.2, 0.25) is 5.91 Å². The topological polar surface area (TPSA) is 68.5 Å². The molecule has 1 fully saturated rings. The zero-order valence-electron chi connectivity index (χ0n) is 11.5. The van der Waals surface area contributed by atoms with E-state index < -0.39 is 5.41 Å². The zero-order valence-corrected chi connectivity index (χ0v) is 12.4. The van der Waals surface area contributed by atoms with Crippen molar-refractivity contribution in [3.63, 3.8) is 0 Å². The van der Waals surface area contributed by atoms with Crippen LogP contribution in [0.25, 0.3) is 0 Å². The second kappa shape index (κ2) is 6.28. The highest BCUT2D eigenvalue weighted by Crippen LogP contribution is 2.33. The Morgan fingerprint density at radius 3 is 2.80 bits per heavy atom. The number of aromatic nitrogens is 1. The minimum absolute atomic E-state index is 0.0304. The van der Waals surface area contributed by atoms with E-state index in [1.54, 1.807) is 24.3 Å². The summed E-state index contributed by atoms with van der Waals surface area (Å²) in [6.45, 7) is 1.53. The average molecular weight is 293 g/mol. The van der Waals surface area contributed by atoms with Crippen LogP contribution in [-0.2, 0) is 16.1 Å². The predicted molar refractivity (Wildman–Crippen MR) is 80.0 cm³/mol. The van der Waals surface area contributed by atoms with Crippen LogP contribution in [0.15, 0.2) is 24.5 Å². The van der Waals surface area contributed by atoms with Crippen molar-refractivity contribution < 1.29 is 9.53 Å². The first-order valence-electron chi connectivity index (χ1n) is 6.58. The van der Waals surface area contributed by atoms with Crippen LogP contribution in [0, 0.1) is 5.41 Å². The molecule has 0 atom stereocenters. The van der Waals surface area contributed by atoms with E-state index in [0.29, 0.717) is 32.6 Å². The molecule has 1 aliphatic heterocycles. The monoisotopic (exact) mass is 293 g/mol. The van der Waals surface area contributed by atoms with Gasteiger partial charge in [-0.3, -0.25) is 9.78 Å². The highest BCUT2D eigenvalue weighted by Gasteiger charge is 2.44. The van der Waals surface area contributed by atoms with Gasteiger partial charge in [-0.15, -0.1) is 0 Å². The van der Waals surface area contributed by atoms with Gasteiger partial charge in [-0.05, 0) is 24.5 Å². The largest absolute Gasteiger partial charge is 0.392 e. The Balaban J connectivity index is 2.13. The van der Waals surface area contributed by atoms with Crippen LogP contribution in [0.2, 0.25) is 0 Å². The molecule has 20 heavy (non-hydrogen) atoms. The van der Waals surface area contributed by atoms with Crippen molar-refractivity contribution in [1.82, 2.24) is 9.88 Å². The van der Waals surface area contributed by atoms with Gasteiger partial charge in [0, 0.05) is 39.2 Å². The van der Waals surface area contributed by atoms with Gasteiger partial charge >= 0.3 is 0 Å². The number of hydrogen-bond acceptors (Lipinski definition) is 4. The lowest BCUT2D eigenvalue weighted by Gasteiger charge is -2.37. The maximum Gasteiger partial charge on any atom is 0.235 e. The number of pyridine rings is 1. The fraction of sp³-hybridized carbons (Fsp3) is 0.500. The quantitative estimate of drug-likeness (QED) is 0.843. The molecule has 5 nitrogen and oxygen atoms in total. The molecule has 0 bridgehead atoms. The van der Waals surface area contributed by atoms with Crippen molar-refractivity contribution >= 4 is 23.1 Å². The number of nitrogens with two attached hydrogens (primary N) is 1. The average Bonchev–Trinajstić information content (AvgIpc) is 2.48. The summed E-state index contributed by atoms with van der Waals surface area (Å²) in [5.74, 6) is -0.0304. The minimum atomic E-state index is -0.759. The third-order valence-electron chi connectivity index (χ3n) is 3.72. The number of thiocarbonyl (C=S) groups is 1. The highest BCUT2D eigenvalue weighted by atomic mass is 32.1. The lowest BCUT2D eigenvalue weighted by atomic mass is 9.78. The lowest BCUT2D eigenvalue weighted by molar-refractivity contribution is -0.141. The number of nitrogens with zero attached hydrogens (tertiary/aromatic N) is 2. The number of rotatable bonds is 4. The number of carbonyl (C=O) groups is 1. The number of carbonyl (C=O) groups excluding carboxylic acids is 1. The molecule has 1 aromatic rings. The summed E-state index contributed by atoms with van der Waals surface area (Å²) in [6, 6.07) is 3.79. The van der Waals surface area contributed by atoms with E-state index in [1.165, 1.54) is 0 Å². The molecule has 1 saturated heterocycles. The first kappa shape index (κ1) is 14.9. The van der Waals surface area contributed by atoms with Gasteiger partial charge in [-0.1, -0.05) is 18.3 Å². The van der Waals surface area contributed by atoms with Crippen molar-refractivity contribution in [2.75, 3.05) is 20.3 Å². The van der Waals surface area contributed by atoms with Crippen LogP contribution in [0.3, 0.4) is 0 Å². The van der Waals surface area contributed by atoms with Crippen LogP contribution in [-0.4, -0.2) is 41.0 Å². The van der Waals surface area contributed by atoms with E-state index in [2.05, 4.69) is 4.98 Å². The van der Waals surface area contributed by atoms with E-state index in [-0.39, 0.29) is 10.9 Å². The molecule has 1 aliphatic rings. The predicted octanol–water partition coefficient (Wildman–Crippen LogP) is 1.12. The number of hydrogen-bond donors (Lipinski definition) is 1. The molecule has 0 aromatic carbocycles. The summed E-state index contributed by atoms with van der Waals surface area (Å²) in [7, 11) is 1.77. The van der Waals surface area contributed by atoms with Crippen LogP contribution in [0.5, 0.6) is 0 Å². The van der Waals surface area contributed by atoms with Crippen LogP contribution in [0.4, 0.5) is 0 Å². The molecule has 1 aromatic heterocycles. The standard InChI is InChI=1S/C14H19N3O2S/c1-17(10-11-3-2-6-16-9-11)13(18)14(12(15)20)4-7-19-8-5-14/h2-3,6,9H,4-5,7-8,10H2,1H3,(H2,15,20). The fourth-order valence-corrected chi connectivity index (χ4v) is 2.78. The number of ether oxygens (including phenoxy) is 1. The Labute approximate surface area is 124 Å². The normalized spacial score (nSPS) is 17.4. The van der Waals surface area contributed by atoms with Gasteiger partial charge in [0.15, 0.2) is 0 Å². The molecule has 0 radical (unpaired) electrons. The summed E-state index contributed by atoms with van der Waals surface area (Å²) >= 11 is 5.15. The van der Waals surface area contributed by atoms with E-state index in [9.17, 15) is 4.79 Å². The highest BCUT2D eigenvalue weighted by molar-refractivity contribution is 7.80. The molecule has 2 rings (SSSR count). The van der Waals surface area contributed by atoms with Gasteiger partial charge in [-0.25, -0.2) is 0 Å². The van der Waals surface area contributed by atoms with Gasteiger partial charge in [0.25, 0.3) is 0 Å². The molecule has 0 saturated carbocycles. The summed E-state index contributed by atoms with van der Waals surface area (Å²) in [5, 5.41) is 0. The van der Waals surface area contributed by atoms with Crippen LogP contribution < -0.4 is 5.73 Å². The molecule has 0 unspecified atom stereocenters. The first-order chi connectivity index (χ1) is 9.56. The second-order valence-corrected chi connectivity index (χ2v) is 5.52. The summed E-state index contributed by atoms with van der Waals surface area (Å²) in [4.78, 5) is 18.7. The minimum Gasteiger partial charge on any atom is -0.392 e. The summed E-state index contributed by atoms with van der Waals surface area (Å²) in [5.41, 5.74) is 6.07. The van der Waals surface area contributed by atoms with E-state index in [1.807, 2.05) is 12.1 Å². The second-order valence-electron chi connectivity index (χ2n) is 5.08. The molecule has 108 valence electrons. The molecular formula is C14H19N3O2S. The van der Waals surface area contributed by atoms with Gasteiger partial charge in [0.05, 0.1) is 4.99 Å². The van der Waals surface area contributed by atoms with E-state index >= 15 is 0 Å². The Kier molecular flexibility index (Phi) is 4.67. The maximum absolute atomic E-state index is 12.7. The molecule has 0 spiro atoms. The van der Waals surface area contributed by atoms with E-state index in [4.69, 9.17) is 22.7 Å². The molecule has 6 heteroatoms. The maximum atomic E-state index is 12.7. The van der Waals surface area contributed by atoms with Crippen molar-refractivity contribution in [2.45, 2.75) is 19.4 Å². The van der Waals surface area contributed by atoms with Crippen molar-refractivity contribution in [1.29, 1.82) is 0 Å². The molecule has 0 aliphatic carbocycles. The fourth-order valence-electron chi connectivity index (χ4n) is 2.49. The lowest BCUT2D eigenvalue weighted by Crippen LogP contribution is -2.52. The third kappa shape index (κ3) is 2.96. The smallest absolute Gasteiger partial charge is 0.235 e. The summed E-state index contributed by atoms with van der Waals surface area (Å²) < 4.78 is 5.33. The van der Waals surface area contributed by atoms with Crippen molar-refractivity contribution in [2.24, 2.45) is 11.1 Å². The Morgan fingerprint density at radius 2 is 2.25 bits per heavy atom. The van der Waals surface area contributed by atoms with Crippen LogP contribution in [0.1, 0.15) is 18.4 Å². The first-order valence-corrected chi connectivity index (χ1v) is 6.99. The Morgan fingerprint density at radius 1 is 1.55 bits per heavy atom.